The summed E-state index contributed by atoms with van der Waals surface area (Å²) in [6.07, 6.45) is 5.67. The Morgan fingerprint density at radius 3 is 2.77 bits per heavy atom. The SMILES string of the molecule is CSc1nc(SC)n2nccc2n1. The molecule has 0 N–H and O–H groups in total. The topological polar surface area (TPSA) is 43.1 Å². The van der Waals surface area contributed by atoms with Crippen molar-refractivity contribution in [3.8, 4) is 0 Å². The third-order valence-electron chi connectivity index (χ3n) is 1.57. The molecule has 0 aliphatic heterocycles. The number of hydrogen-bond donors (Lipinski definition) is 0. The molecule has 13 heavy (non-hydrogen) atoms. The lowest BCUT2D eigenvalue weighted by Gasteiger charge is -2.01. The molecule has 2 aromatic rings. The highest BCUT2D eigenvalue weighted by atomic mass is 32.2. The molecule has 0 aliphatic carbocycles. The van der Waals surface area contributed by atoms with Crippen LogP contribution in [0.4, 0.5) is 0 Å². The van der Waals surface area contributed by atoms with Crippen LogP contribution in [0, 0.1) is 0 Å². The van der Waals surface area contributed by atoms with Crippen LogP contribution >= 0.6 is 23.5 Å². The van der Waals surface area contributed by atoms with Gasteiger partial charge in [0.2, 0.25) is 0 Å². The van der Waals surface area contributed by atoms with Gasteiger partial charge in [-0.05, 0) is 12.5 Å². The van der Waals surface area contributed by atoms with Gasteiger partial charge in [-0.25, -0.2) is 4.98 Å². The van der Waals surface area contributed by atoms with E-state index in [1.54, 1.807) is 22.5 Å². The molecule has 0 unspecified atom stereocenters. The second kappa shape index (κ2) is 3.55. The van der Waals surface area contributed by atoms with Crippen LogP contribution in [0.25, 0.3) is 5.65 Å². The van der Waals surface area contributed by atoms with Crippen molar-refractivity contribution < 1.29 is 0 Å². The first-order valence-corrected chi connectivity index (χ1v) is 6.10. The Kier molecular flexibility index (Phi) is 2.41. The molecule has 6 heteroatoms. The predicted octanol–water partition coefficient (Wildman–Crippen LogP) is 1.57. The van der Waals surface area contributed by atoms with Gasteiger partial charge in [0, 0.05) is 6.07 Å². The molecule has 0 spiro atoms. The minimum atomic E-state index is 0.789. The van der Waals surface area contributed by atoms with Crippen molar-refractivity contribution >= 4 is 29.2 Å². The smallest absolute Gasteiger partial charge is 0.193 e. The van der Waals surface area contributed by atoms with Crippen molar-refractivity contribution in [1.29, 1.82) is 0 Å². The van der Waals surface area contributed by atoms with E-state index in [1.165, 1.54) is 11.8 Å². The highest BCUT2D eigenvalue weighted by molar-refractivity contribution is 7.99. The van der Waals surface area contributed by atoms with E-state index >= 15 is 0 Å². The summed E-state index contributed by atoms with van der Waals surface area (Å²) in [7, 11) is 0. The summed E-state index contributed by atoms with van der Waals surface area (Å²) >= 11 is 3.11. The first-order chi connectivity index (χ1) is 6.35. The summed E-state index contributed by atoms with van der Waals surface area (Å²) in [6, 6.07) is 1.88. The zero-order valence-corrected chi connectivity index (χ0v) is 8.89. The minimum absolute atomic E-state index is 0.789. The van der Waals surface area contributed by atoms with Crippen molar-refractivity contribution in [2.24, 2.45) is 0 Å². The number of nitrogens with zero attached hydrogens (tertiary/aromatic N) is 4. The van der Waals surface area contributed by atoms with E-state index in [0.717, 1.165) is 16.0 Å². The highest BCUT2D eigenvalue weighted by Crippen LogP contribution is 2.17. The monoisotopic (exact) mass is 212 g/mol. The Morgan fingerprint density at radius 2 is 2.08 bits per heavy atom. The van der Waals surface area contributed by atoms with Crippen LogP contribution in [-0.2, 0) is 0 Å². The lowest BCUT2D eigenvalue weighted by molar-refractivity contribution is 0.723. The largest absolute Gasteiger partial charge is 0.203 e. The average molecular weight is 212 g/mol. The molecular weight excluding hydrogens is 204 g/mol. The van der Waals surface area contributed by atoms with Crippen molar-refractivity contribution in [2.45, 2.75) is 10.3 Å². The van der Waals surface area contributed by atoms with Gasteiger partial charge < -0.3 is 0 Å². The minimum Gasteiger partial charge on any atom is -0.203 e. The van der Waals surface area contributed by atoms with Crippen LogP contribution < -0.4 is 0 Å². The summed E-state index contributed by atoms with van der Waals surface area (Å²) < 4.78 is 1.74. The Labute approximate surface area is 84.2 Å². The average Bonchev–Trinajstić information content (AvgIpc) is 2.63. The van der Waals surface area contributed by atoms with Crippen LogP contribution in [0.5, 0.6) is 0 Å². The maximum Gasteiger partial charge on any atom is 0.193 e. The molecule has 0 atom stereocenters. The lowest BCUT2D eigenvalue weighted by Crippen LogP contribution is -1.99. The van der Waals surface area contributed by atoms with E-state index in [0.29, 0.717) is 0 Å². The standard InChI is InChI=1S/C7H8N4S2/c1-12-6-9-5-3-4-8-11(5)7(10-6)13-2/h3-4H,1-2H3. The van der Waals surface area contributed by atoms with Gasteiger partial charge in [0.05, 0.1) is 6.20 Å². The Morgan fingerprint density at radius 1 is 1.23 bits per heavy atom. The summed E-state index contributed by atoms with van der Waals surface area (Å²) in [5.74, 6) is 0. The second-order valence-corrected chi connectivity index (χ2v) is 3.85. The van der Waals surface area contributed by atoms with Crippen LogP contribution in [-0.4, -0.2) is 32.1 Å². The fraction of sp³-hybridized carbons (Fsp3) is 0.286. The number of aromatic nitrogens is 4. The van der Waals surface area contributed by atoms with Crippen LogP contribution in [0.2, 0.25) is 0 Å². The number of hydrogen-bond acceptors (Lipinski definition) is 5. The van der Waals surface area contributed by atoms with Crippen molar-refractivity contribution in [3.05, 3.63) is 12.3 Å². The van der Waals surface area contributed by atoms with Crippen LogP contribution in [0.15, 0.2) is 22.6 Å². The maximum atomic E-state index is 4.33. The van der Waals surface area contributed by atoms with Crippen molar-refractivity contribution in [3.63, 3.8) is 0 Å². The second-order valence-electron chi connectivity index (χ2n) is 2.30. The Hall–Kier alpha value is -0.750. The number of thioether (sulfide) groups is 2. The zero-order chi connectivity index (χ0) is 9.26. The van der Waals surface area contributed by atoms with Crippen molar-refractivity contribution in [2.75, 3.05) is 12.5 Å². The Bertz CT molecular complexity index is 425. The van der Waals surface area contributed by atoms with Gasteiger partial charge in [-0.3, -0.25) is 0 Å². The van der Waals surface area contributed by atoms with Gasteiger partial charge >= 0.3 is 0 Å². The molecule has 0 radical (unpaired) electrons. The molecule has 0 aliphatic rings. The van der Waals surface area contributed by atoms with Gasteiger partial charge in [0.1, 0.15) is 0 Å². The molecule has 0 fully saturated rings. The summed E-state index contributed by atoms with van der Waals surface area (Å²) in [5, 5.41) is 5.79. The molecule has 4 nitrogen and oxygen atoms in total. The van der Waals surface area contributed by atoms with Gasteiger partial charge in [-0.2, -0.15) is 14.6 Å². The highest BCUT2D eigenvalue weighted by Gasteiger charge is 2.05. The number of rotatable bonds is 2. The molecule has 0 aromatic carbocycles. The van der Waals surface area contributed by atoms with Gasteiger partial charge in [0.25, 0.3) is 0 Å². The molecule has 2 aromatic heterocycles. The molecule has 0 saturated carbocycles. The molecule has 0 saturated heterocycles. The van der Waals surface area contributed by atoms with E-state index in [-0.39, 0.29) is 0 Å². The van der Waals surface area contributed by atoms with E-state index in [4.69, 9.17) is 0 Å². The fourth-order valence-electron chi connectivity index (χ4n) is 1.00. The van der Waals surface area contributed by atoms with Crippen LogP contribution in [0.1, 0.15) is 0 Å². The Balaban J connectivity index is 2.70. The molecule has 2 rings (SSSR count). The summed E-state index contributed by atoms with van der Waals surface area (Å²) in [5.41, 5.74) is 0.851. The third-order valence-corrected chi connectivity index (χ3v) is 2.75. The molecule has 2 heterocycles. The van der Waals surface area contributed by atoms with E-state index in [2.05, 4.69) is 15.1 Å². The normalized spacial score (nSPS) is 10.9. The van der Waals surface area contributed by atoms with Crippen molar-refractivity contribution in [1.82, 2.24) is 19.6 Å². The van der Waals surface area contributed by atoms with E-state index < -0.39 is 0 Å². The molecule has 0 bridgehead atoms. The first kappa shape index (κ1) is 8.83. The zero-order valence-electron chi connectivity index (χ0n) is 7.26. The lowest BCUT2D eigenvalue weighted by atomic mass is 10.7. The first-order valence-electron chi connectivity index (χ1n) is 3.65. The third kappa shape index (κ3) is 1.51. The molecule has 68 valence electrons. The van der Waals surface area contributed by atoms with E-state index in [9.17, 15) is 0 Å². The van der Waals surface area contributed by atoms with E-state index in [1.807, 2.05) is 18.6 Å². The molecule has 0 amide bonds. The van der Waals surface area contributed by atoms with Gasteiger partial charge in [-0.1, -0.05) is 23.5 Å². The fourth-order valence-corrected chi connectivity index (χ4v) is 1.92. The predicted molar refractivity (Wildman–Crippen MR) is 54.3 cm³/mol. The molecular formula is C7H8N4S2. The van der Waals surface area contributed by atoms with Gasteiger partial charge in [-0.15, -0.1) is 0 Å². The quantitative estimate of drug-likeness (QED) is 0.707. The van der Waals surface area contributed by atoms with Crippen LogP contribution in [0.3, 0.4) is 0 Å². The maximum absolute atomic E-state index is 4.33. The summed E-state index contributed by atoms with van der Waals surface area (Å²) in [4.78, 5) is 8.63. The van der Waals surface area contributed by atoms with Gasteiger partial charge in [0.15, 0.2) is 16.0 Å². The number of fused-ring (bicyclic) bond motifs is 1. The summed E-state index contributed by atoms with van der Waals surface area (Å²) in [6.45, 7) is 0.